The molecule has 1 heterocycles. The summed E-state index contributed by atoms with van der Waals surface area (Å²) in [6, 6.07) is 3.21. The molecule has 1 aromatic carbocycles. The zero-order chi connectivity index (χ0) is 8.72. The first-order valence-corrected chi connectivity index (χ1v) is 5.07. The highest BCUT2D eigenvalue weighted by atomic mass is 32.2. The molecule has 0 spiro atoms. The smallest absolute Gasteiger partial charge is 0.136 e. The largest absolute Gasteiger partial charge is 0.495 e. The lowest BCUT2D eigenvalue weighted by atomic mass is 10.3. The Morgan fingerprint density at radius 1 is 1.50 bits per heavy atom. The highest BCUT2D eigenvalue weighted by Crippen LogP contribution is 2.49. The topological polar surface area (TPSA) is 26.3 Å². The minimum atomic E-state index is -1.12. The van der Waals surface area contributed by atoms with Crippen LogP contribution in [0.1, 0.15) is 0 Å². The van der Waals surface area contributed by atoms with Crippen molar-refractivity contribution in [3.63, 3.8) is 0 Å². The number of ether oxygens (including phenoxy) is 1. The van der Waals surface area contributed by atoms with E-state index in [-0.39, 0.29) is 12.1 Å². The Hall–Kier alpha value is -0.550. The van der Waals surface area contributed by atoms with Gasteiger partial charge in [0.15, 0.2) is 0 Å². The minimum Gasteiger partial charge on any atom is -0.495 e. The molecule has 2 nitrogen and oxygen atoms in total. The molecule has 1 aromatic rings. The van der Waals surface area contributed by atoms with Gasteiger partial charge in [-0.05, 0) is 12.1 Å². The fraction of sp³-hybridized carbons (Fsp3) is 0.143. The molecule has 0 saturated heterocycles. The van der Waals surface area contributed by atoms with Crippen molar-refractivity contribution in [3.05, 3.63) is 12.1 Å². The van der Waals surface area contributed by atoms with Crippen LogP contribution in [0.3, 0.4) is 0 Å². The highest BCUT2D eigenvalue weighted by molar-refractivity contribution is 7.96. The molecule has 0 aliphatic carbocycles. The van der Waals surface area contributed by atoms with Gasteiger partial charge in [-0.1, -0.05) is 0 Å². The van der Waals surface area contributed by atoms with Gasteiger partial charge < -0.3 is 4.74 Å². The number of benzene rings is 1. The molecule has 0 amide bonds. The van der Waals surface area contributed by atoms with Crippen LogP contribution in [-0.4, -0.2) is 11.3 Å². The second kappa shape index (κ2) is 2.74. The average molecular weight is 204 g/mol. The fourth-order valence-corrected chi connectivity index (χ4v) is 2.91. The number of methoxy groups -OCH3 is 1. The molecule has 1 aliphatic heterocycles. The summed E-state index contributed by atoms with van der Waals surface area (Å²) in [4.78, 5) is 1.66. The lowest BCUT2D eigenvalue weighted by Gasteiger charge is -1.95. The van der Waals surface area contributed by atoms with Crippen LogP contribution < -0.4 is 4.74 Å². The van der Waals surface area contributed by atoms with Crippen molar-refractivity contribution in [2.45, 2.75) is 14.7 Å². The predicted molar refractivity (Wildman–Crippen MR) is 44.6 cm³/mol. The molecule has 12 heavy (non-hydrogen) atoms. The van der Waals surface area contributed by atoms with E-state index in [1.54, 1.807) is 12.1 Å². The van der Waals surface area contributed by atoms with Gasteiger partial charge in [-0.2, -0.15) is 3.89 Å². The number of fused-ring (bicyclic) bond motifs is 1. The van der Waals surface area contributed by atoms with Crippen LogP contribution in [0.2, 0.25) is 0 Å². The maximum atomic E-state index is 12.2. The van der Waals surface area contributed by atoms with Crippen molar-refractivity contribution in [2.24, 2.45) is 0 Å². The molecule has 2 rings (SSSR count). The van der Waals surface area contributed by atoms with Gasteiger partial charge in [-0.15, -0.1) is 0 Å². The van der Waals surface area contributed by atoms with Crippen LogP contribution in [0.5, 0.6) is 5.75 Å². The molecule has 0 saturated carbocycles. The van der Waals surface area contributed by atoms with Gasteiger partial charge in [0.05, 0.1) is 39.8 Å². The third kappa shape index (κ3) is 0.964. The van der Waals surface area contributed by atoms with Gasteiger partial charge in [0.2, 0.25) is 0 Å². The fourth-order valence-electron chi connectivity index (χ4n) is 1.07. The van der Waals surface area contributed by atoms with Crippen LogP contribution in [0.25, 0.3) is 0 Å². The SMILES string of the molecule is COc1ccc(SF)c2c1S2=O. The van der Waals surface area contributed by atoms with Crippen molar-refractivity contribution in [1.29, 1.82) is 0 Å². The zero-order valence-electron chi connectivity index (χ0n) is 6.17. The minimum absolute atomic E-state index is 0.122. The summed E-state index contributed by atoms with van der Waals surface area (Å²) in [5, 5.41) is 0. The van der Waals surface area contributed by atoms with E-state index in [1.807, 2.05) is 0 Å². The van der Waals surface area contributed by atoms with E-state index in [4.69, 9.17) is 4.74 Å². The lowest BCUT2D eigenvalue weighted by Crippen LogP contribution is -1.80. The first-order chi connectivity index (χ1) is 5.79. The first-order valence-electron chi connectivity index (χ1n) is 3.21. The van der Waals surface area contributed by atoms with Crippen LogP contribution in [-0.2, 0) is 10.8 Å². The monoisotopic (exact) mass is 204 g/mol. The standard InChI is InChI=1S/C7H5FO2S2/c1-10-4-2-3-5(11-8)7-6(4)12(7)9/h2-3H,1H3. The van der Waals surface area contributed by atoms with Crippen LogP contribution >= 0.6 is 12.1 Å². The second-order valence-corrected chi connectivity index (χ2v) is 4.22. The number of hydrogen-bond donors (Lipinski definition) is 0. The maximum Gasteiger partial charge on any atom is 0.136 e. The van der Waals surface area contributed by atoms with Gasteiger partial charge >= 0.3 is 0 Å². The highest BCUT2D eigenvalue weighted by Gasteiger charge is 2.36. The molecule has 0 bridgehead atoms. The first kappa shape index (κ1) is 8.07. The van der Waals surface area contributed by atoms with Crippen molar-refractivity contribution in [3.8, 4) is 5.75 Å². The van der Waals surface area contributed by atoms with Gasteiger partial charge in [0.25, 0.3) is 0 Å². The summed E-state index contributed by atoms with van der Waals surface area (Å²) >= 11 is 0.122. The number of rotatable bonds is 2. The summed E-state index contributed by atoms with van der Waals surface area (Å²) < 4.78 is 28.3. The third-order valence-electron chi connectivity index (χ3n) is 1.67. The van der Waals surface area contributed by atoms with E-state index in [1.165, 1.54) is 7.11 Å². The zero-order valence-corrected chi connectivity index (χ0v) is 7.80. The molecule has 0 fully saturated rings. The molecule has 1 unspecified atom stereocenters. The van der Waals surface area contributed by atoms with Crippen molar-refractivity contribution < 1.29 is 12.8 Å². The van der Waals surface area contributed by atoms with Gasteiger partial charge in [0, 0.05) is 0 Å². The Morgan fingerprint density at radius 2 is 2.25 bits per heavy atom. The molecular weight excluding hydrogens is 199 g/mol. The van der Waals surface area contributed by atoms with Crippen molar-refractivity contribution in [1.82, 2.24) is 0 Å². The maximum absolute atomic E-state index is 12.2. The summed E-state index contributed by atoms with van der Waals surface area (Å²) in [6.45, 7) is 0. The van der Waals surface area contributed by atoms with E-state index in [9.17, 15) is 8.09 Å². The Kier molecular flexibility index (Phi) is 1.84. The Labute approximate surface area is 75.9 Å². The molecule has 0 N–H and O–H groups in total. The summed E-state index contributed by atoms with van der Waals surface area (Å²) in [5.74, 6) is 0.584. The second-order valence-electron chi connectivity index (χ2n) is 2.27. The Morgan fingerprint density at radius 3 is 2.83 bits per heavy atom. The third-order valence-corrected chi connectivity index (χ3v) is 3.67. The van der Waals surface area contributed by atoms with E-state index >= 15 is 0 Å². The van der Waals surface area contributed by atoms with Crippen molar-refractivity contribution >= 4 is 22.9 Å². The number of halogens is 1. The van der Waals surface area contributed by atoms with Crippen molar-refractivity contribution in [2.75, 3.05) is 7.11 Å². The van der Waals surface area contributed by atoms with Crippen LogP contribution in [0.15, 0.2) is 26.8 Å². The normalized spacial score (nSPS) is 18.7. The quantitative estimate of drug-likeness (QED) is 0.701. The van der Waals surface area contributed by atoms with Crippen LogP contribution in [0, 0.1) is 0 Å². The van der Waals surface area contributed by atoms with Gasteiger partial charge in [-0.25, -0.2) is 4.21 Å². The molecular formula is C7H5FO2S2. The van der Waals surface area contributed by atoms with E-state index in [0.29, 0.717) is 20.4 Å². The lowest BCUT2D eigenvalue weighted by molar-refractivity contribution is 0.404. The molecule has 64 valence electrons. The molecule has 5 heteroatoms. The van der Waals surface area contributed by atoms with Crippen LogP contribution in [0.4, 0.5) is 3.89 Å². The number of hydrogen-bond acceptors (Lipinski definition) is 3. The molecule has 0 radical (unpaired) electrons. The summed E-state index contributed by atoms with van der Waals surface area (Å²) in [5.41, 5.74) is 0. The van der Waals surface area contributed by atoms with E-state index < -0.39 is 10.8 Å². The molecule has 1 atom stereocenters. The Bertz CT molecular complexity index is 332. The Balaban J connectivity index is 2.54. The van der Waals surface area contributed by atoms with E-state index in [0.717, 1.165) is 0 Å². The van der Waals surface area contributed by atoms with E-state index in [2.05, 4.69) is 0 Å². The molecule has 0 aromatic heterocycles. The summed E-state index contributed by atoms with van der Waals surface area (Å²) in [6.07, 6.45) is 0. The summed E-state index contributed by atoms with van der Waals surface area (Å²) in [7, 11) is 0.384. The van der Waals surface area contributed by atoms with Gasteiger partial charge in [-0.3, -0.25) is 0 Å². The molecule has 1 aliphatic rings. The predicted octanol–water partition coefficient (Wildman–Crippen LogP) is 2.15. The average Bonchev–Trinajstić information content (AvgIpc) is 2.77. The van der Waals surface area contributed by atoms with Gasteiger partial charge in [0.1, 0.15) is 10.6 Å².